The molecule has 5 aromatic carbocycles. The fourth-order valence-corrected chi connectivity index (χ4v) is 17.4. The van der Waals surface area contributed by atoms with Gasteiger partial charge in [-0.3, -0.25) is 14.7 Å². The fourth-order valence-electron chi connectivity index (χ4n) is 17.4. The molecule has 14 heteroatoms. The van der Waals surface area contributed by atoms with Gasteiger partial charge in [0.2, 0.25) is 0 Å². The standard InChI is InChI=1S/C30H41N3O2.C24H31N3O2.C22H33N3O/c1-28(15-8-16-28)22-33-27(34)32(21-24-11-13-26(35-4)14-12-24)23-29(33)17-19-30(20-18-29,31(2)3)25-9-6-5-7-10-25;1-26(2)24(20-7-5-4-6-8-20)15-13-23(14-16-24)18-27(22(28)25-23)17-19-9-11-21(29-3)12-10-19;1-20(10-7-11-20)17-25-19(26)23-16-21(25)12-14-22(15-13-21,24(2)3)18-8-5-4-6-9-18/h5-7,9-14H,8,15-23H2,1-4H3;4-12H,13-18H2,1-3H3,(H,25,28);4-6,8-9H,7,10-17H2,1-3H3,(H,23,26). The van der Waals surface area contributed by atoms with E-state index in [2.05, 4.69) is 199 Å². The van der Waals surface area contributed by atoms with Gasteiger partial charge in [0.05, 0.1) is 30.8 Å². The molecule has 0 aromatic heterocycles. The average Bonchev–Trinajstić information content (AvgIpc) is 1.50. The molecule has 5 aromatic rings. The normalized spacial score (nSPS) is 29.1. The van der Waals surface area contributed by atoms with Crippen molar-refractivity contribution in [3.8, 4) is 11.5 Å². The van der Waals surface area contributed by atoms with Crippen LogP contribution in [0.1, 0.15) is 157 Å². The summed E-state index contributed by atoms with van der Waals surface area (Å²) in [6.07, 6.45) is 20.3. The van der Waals surface area contributed by atoms with E-state index < -0.39 is 0 Å². The lowest BCUT2D eigenvalue weighted by Gasteiger charge is -2.53. The van der Waals surface area contributed by atoms with E-state index in [0.29, 0.717) is 18.5 Å². The molecule has 3 spiro atoms. The van der Waals surface area contributed by atoms with Crippen molar-refractivity contribution in [2.24, 2.45) is 10.8 Å². The third-order valence-electron chi connectivity index (χ3n) is 23.9. The number of amides is 6. The first kappa shape index (κ1) is 64.9. The van der Waals surface area contributed by atoms with Gasteiger partial charge in [0, 0.05) is 62.4 Å². The smallest absolute Gasteiger partial charge is 0.320 e. The summed E-state index contributed by atoms with van der Waals surface area (Å²) in [4.78, 5) is 55.0. The molecule has 2 N–H and O–H groups in total. The Balaban J connectivity index is 0.000000141. The Morgan fingerprint density at radius 3 is 1.18 bits per heavy atom. The SMILES string of the molecule is CN(C)C1(c2ccccc2)CCC2(CC1)CNC(=O)N2CC1(C)CCC1.COc1ccc(CN2CC3(CCC(c4ccccc4)(N(C)C)CC3)N(CC3(C)CCC3)C2=O)cc1.COc1ccc(CN2CC3(CCC(c4ccccc4)(N(C)C)CC3)NC2=O)cc1. The highest BCUT2D eigenvalue weighted by Gasteiger charge is 2.57. The average molecular weight is 1220 g/mol. The number of methoxy groups -OCH3 is 2. The molecule has 5 aliphatic carbocycles. The zero-order valence-corrected chi connectivity index (χ0v) is 56.1. The van der Waals surface area contributed by atoms with Crippen LogP contribution in [0.3, 0.4) is 0 Å². The molecule has 3 aliphatic heterocycles. The van der Waals surface area contributed by atoms with Crippen molar-refractivity contribution in [2.75, 3.05) is 89.2 Å². The Morgan fingerprint density at radius 1 is 0.422 bits per heavy atom. The van der Waals surface area contributed by atoms with Crippen LogP contribution < -0.4 is 20.1 Å². The number of nitrogens with zero attached hydrogens (tertiary/aromatic N) is 7. The van der Waals surface area contributed by atoms with Crippen LogP contribution in [0.2, 0.25) is 0 Å². The van der Waals surface area contributed by atoms with Gasteiger partial charge in [0.15, 0.2) is 0 Å². The van der Waals surface area contributed by atoms with Crippen molar-refractivity contribution in [1.29, 1.82) is 0 Å². The Labute approximate surface area is 539 Å². The highest BCUT2D eigenvalue weighted by atomic mass is 16.5. The van der Waals surface area contributed by atoms with Crippen LogP contribution in [-0.2, 0) is 29.7 Å². The number of nitrogens with one attached hydrogen (secondary N) is 2. The Bertz CT molecular complexity index is 3200. The van der Waals surface area contributed by atoms with E-state index in [4.69, 9.17) is 9.47 Å². The van der Waals surface area contributed by atoms with E-state index in [1.165, 1.54) is 55.2 Å². The number of benzene rings is 5. The number of urea groups is 3. The van der Waals surface area contributed by atoms with Crippen LogP contribution in [0.4, 0.5) is 14.4 Å². The fraction of sp³-hybridized carbons (Fsp3) is 0.566. The Morgan fingerprint density at radius 2 is 0.800 bits per heavy atom. The number of ether oxygens (including phenoxy) is 2. The summed E-state index contributed by atoms with van der Waals surface area (Å²) in [7, 11) is 16.5. The molecule has 6 amide bonds. The van der Waals surface area contributed by atoms with Gasteiger partial charge >= 0.3 is 18.1 Å². The van der Waals surface area contributed by atoms with Crippen molar-refractivity contribution < 1.29 is 23.9 Å². The van der Waals surface area contributed by atoms with Crippen molar-refractivity contribution in [3.05, 3.63) is 167 Å². The van der Waals surface area contributed by atoms with Crippen molar-refractivity contribution in [2.45, 2.75) is 176 Å². The van der Waals surface area contributed by atoms with E-state index in [1.54, 1.807) is 14.2 Å². The molecule has 0 radical (unpaired) electrons. The molecular weight excluding hydrogens is 1120 g/mol. The van der Waals surface area contributed by atoms with Crippen LogP contribution in [0.15, 0.2) is 140 Å². The van der Waals surface area contributed by atoms with E-state index in [9.17, 15) is 14.4 Å². The highest BCUT2D eigenvalue weighted by Crippen LogP contribution is 2.54. The zero-order valence-electron chi connectivity index (χ0n) is 56.1. The van der Waals surface area contributed by atoms with Gasteiger partial charge < -0.3 is 39.7 Å². The second-order valence-electron chi connectivity index (χ2n) is 29.9. The molecule has 8 aliphatic rings. The molecule has 8 fully saturated rings. The first-order valence-corrected chi connectivity index (χ1v) is 33.8. The van der Waals surface area contributed by atoms with Gasteiger partial charge in [-0.1, -0.05) is 142 Å². The molecule has 3 saturated heterocycles. The lowest BCUT2D eigenvalue weighted by atomic mass is 9.66. The van der Waals surface area contributed by atoms with Gasteiger partial charge in [-0.05, 0) is 208 Å². The lowest BCUT2D eigenvalue weighted by molar-refractivity contribution is -0.000355. The number of carbonyl (C=O) groups is 3. The number of carbonyl (C=O) groups excluding carboxylic acids is 3. The summed E-state index contributed by atoms with van der Waals surface area (Å²) in [6, 6.07) is 49.3. The first-order chi connectivity index (χ1) is 43.1. The molecule has 484 valence electrons. The molecule has 90 heavy (non-hydrogen) atoms. The molecule has 0 unspecified atom stereocenters. The van der Waals surface area contributed by atoms with E-state index in [-0.39, 0.29) is 56.7 Å². The van der Waals surface area contributed by atoms with Gasteiger partial charge in [-0.25, -0.2) is 14.4 Å². The number of hydrogen-bond acceptors (Lipinski definition) is 8. The van der Waals surface area contributed by atoms with E-state index >= 15 is 0 Å². The van der Waals surface area contributed by atoms with Gasteiger partial charge in [0.25, 0.3) is 0 Å². The summed E-state index contributed by atoms with van der Waals surface area (Å²) in [5.41, 5.74) is 7.08. The van der Waals surface area contributed by atoms with Crippen LogP contribution in [0, 0.1) is 10.8 Å². The maximum Gasteiger partial charge on any atom is 0.320 e. The molecule has 5 saturated carbocycles. The van der Waals surface area contributed by atoms with Crippen LogP contribution in [0.5, 0.6) is 11.5 Å². The molecule has 0 bridgehead atoms. The highest BCUT2D eigenvalue weighted by molar-refractivity contribution is 5.79. The molecule has 13 rings (SSSR count). The number of rotatable bonds is 16. The van der Waals surface area contributed by atoms with Crippen molar-refractivity contribution in [3.63, 3.8) is 0 Å². The quantitative estimate of drug-likeness (QED) is 0.100. The van der Waals surface area contributed by atoms with E-state index in [0.717, 1.165) is 132 Å². The first-order valence-electron chi connectivity index (χ1n) is 33.8. The minimum absolute atomic E-state index is 0.0178. The summed E-state index contributed by atoms with van der Waals surface area (Å²) in [5, 5.41) is 6.50. The van der Waals surface area contributed by atoms with Gasteiger partial charge in [0.1, 0.15) is 11.5 Å². The van der Waals surface area contributed by atoms with Crippen LogP contribution in [0.25, 0.3) is 0 Å². The minimum Gasteiger partial charge on any atom is -0.497 e. The number of hydrogen-bond donors (Lipinski definition) is 2. The predicted molar refractivity (Wildman–Crippen MR) is 360 cm³/mol. The van der Waals surface area contributed by atoms with Crippen molar-refractivity contribution >= 4 is 18.1 Å². The lowest BCUT2D eigenvalue weighted by Crippen LogP contribution is -2.57. The molecule has 3 heterocycles. The summed E-state index contributed by atoms with van der Waals surface area (Å²) in [6.45, 7) is 10.3. The van der Waals surface area contributed by atoms with Crippen LogP contribution in [-0.4, -0.2) is 158 Å². The second-order valence-corrected chi connectivity index (χ2v) is 29.9. The Kier molecular flexibility index (Phi) is 18.9. The van der Waals surface area contributed by atoms with Gasteiger partial charge in [-0.2, -0.15) is 0 Å². The van der Waals surface area contributed by atoms with Gasteiger partial charge in [-0.15, -0.1) is 0 Å². The zero-order chi connectivity index (χ0) is 63.6. The summed E-state index contributed by atoms with van der Waals surface area (Å²) in [5.74, 6) is 1.69. The van der Waals surface area contributed by atoms with E-state index in [1.807, 2.05) is 41.3 Å². The summed E-state index contributed by atoms with van der Waals surface area (Å²) < 4.78 is 10.6. The Hall–Kier alpha value is -6.61. The maximum atomic E-state index is 13.9. The molecule has 14 nitrogen and oxygen atoms in total. The van der Waals surface area contributed by atoms with Crippen LogP contribution >= 0.6 is 0 Å². The maximum absolute atomic E-state index is 13.9. The third kappa shape index (κ3) is 12.8. The monoisotopic (exact) mass is 1220 g/mol. The second kappa shape index (κ2) is 26.2. The topological polar surface area (TPSA) is 116 Å². The molecule has 0 atom stereocenters. The largest absolute Gasteiger partial charge is 0.497 e. The molecular formula is C76H105N9O5. The van der Waals surface area contributed by atoms with Crippen molar-refractivity contribution in [1.82, 2.24) is 44.9 Å². The summed E-state index contributed by atoms with van der Waals surface area (Å²) >= 11 is 0. The third-order valence-corrected chi connectivity index (χ3v) is 23.9. The predicted octanol–water partition coefficient (Wildman–Crippen LogP) is 13.9. The minimum atomic E-state index is -0.113.